The molecule has 1 spiro atoms. The quantitative estimate of drug-likeness (QED) is 0.604. The molecule has 0 bridgehead atoms. The van der Waals surface area contributed by atoms with Gasteiger partial charge in [0.05, 0.1) is 0 Å². The van der Waals surface area contributed by atoms with Gasteiger partial charge in [0.25, 0.3) is 0 Å². The van der Waals surface area contributed by atoms with Gasteiger partial charge in [-0.1, -0.05) is 40.5 Å². The summed E-state index contributed by atoms with van der Waals surface area (Å²) in [7, 11) is 0. The third kappa shape index (κ3) is 1.13. The fourth-order valence-electron chi connectivity index (χ4n) is 4.62. The minimum absolute atomic E-state index is 0.516. The lowest BCUT2D eigenvalue weighted by Gasteiger charge is -2.58. The molecule has 2 rings (SSSR count). The molecule has 4 unspecified atom stereocenters. The molecule has 2 saturated carbocycles. The number of rotatable bonds is 2. The van der Waals surface area contributed by atoms with Crippen molar-refractivity contribution in [1.82, 2.24) is 0 Å². The third-order valence-electron chi connectivity index (χ3n) is 6.18. The van der Waals surface area contributed by atoms with E-state index in [1.165, 1.54) is 12.8 Å². The Morgan fingerprint density at radius 2 is 1.81 bits per heavy atom. The fraction of sp³-hybridized carbons (Fsp3) is 0.875. The normalized spacial score (nSPS) is 49.8. The first kappa shape index (κ1) is 12.0. The van der Waals surface area contributed by atoms with Gasteiger partial charge in [0.15, 0.2) is 0 Å². The van der Waals surface area contributed by atoms with Crippen LogP contribution in [0, 0.1) is 46.3 Å². The van der Waals surface area contributed by atoms with Gasteiger partial charge in [-0.05, 0) is 48.3 Å². The number of hydrogen-bond acceptors (Lipinski definition) is 0. The summed E-state index contributed by atoms with van der Waals surface area (Å²) >= 11 is 0. The van der Waals surface area contributed by atoms with Crippen molar-refractivity contribution in [2.24, 2.45) is 34.5 Å². The highest BCUT2D eigenvalue weighted by atomic mass is 14.8. The Labute approximate surface area is 101 Å². The highest BCUT2D eigenvalue weighted by molar-refractivity contribution is 5.31. The molecule has 0 heteroatoms. The average molecular weight is 218 g/mol. The van der Waals surface area contributed by atoms with Gasteiger partial charge in [-0.15, -0.1) is 5.92 Å². The van der Waals surface area contributed by atoms with Crippen molar-refractivity contribution in [1.29, 1.82) is 0 Å². The van der Waals surface area contributed by atoms with Crippen molar-refractivity contribution in [3.05, 3.63) is 0 Å². The highest BCUT2D eigenvalue weighted by Crippen LogP contribution is 2.80. The SMILES string of the molecule is CC#CC1C(CC)(C(C)C)CC12C(C)C2C. The van der Waals surface area contributed by atoms with E-state index in [4.69, 9.17) is 0 Å². The van der Waals surface area contributed by atoms with Gasteiger partial charge in [-0.25, -0.2) is 0 Å². The van der Waals surface area contributed by atoms with Crippen molar-refractivity contribution in [3.8, 4) is 11.8 Å². The van der Waals surface area contributed by atoms with E-state index in [1.54, 1.807) is 0 Å². The van der Waals surface area contributed by atoms with Crippen LogP contribution in [0.15, 0.2) is 0 Å². The topological polar surface area (TPSA) is 0 Å². The molecule has 90 valence electrons. The van der Waals surface area contributed by atoms with Crippen molar-refractivity contribution < 1.29 is 0 Å². The Balaban J connectivity index is 2.30. The Bertz CT molecular complexity index is 333. The minimum Gasteiger partial charge on any atom is -0.106 e. The monoisotopic (exact) mass is 218 g/mol. The molecule has 2 fully saturated rings. The molecule has 4 atom stereocenters. The smallest absolute Gasteiger partial charge is 0.0323 e. The molecule has 0 radical (unpaired) electrons. The molecular formula is C16H26. The van der Waals surface area contributed by atoms with E-state index in [0.717, 1.165) is 17.8 Å². The molecule has 2 aliphatic rings. The van der Waals surface area contributed by atoms with Crippen molar-refractivity contribution in [2.45, 2.75) is 54.4 Å². The van der Waals surface area contributed by atoms with Gasteiger partial charge in [-0.2, -0.15) is 0 Å². The zero-order valence-electron chi connectivity index (χ0n) is 11.7. The van der Waals surface area contributed by atoms with Gasteiger partial charge in [0.2, 0.25) is 0 Å². The van der Waals surface area contributed by atoms with Crippen LogP contribution in [-0.4, -0.2) is 0 Å². The summed E-state index contributed by atoms with van der Waals surface area (Å²) in [5.74, 6) is 10.0. The summed E-state index contributed by atoms with van der Waals surface area (Å²) in [6, 6.07) is 0. The standard InChI is InChI=1S/C16H26/c1-7-9-14-15(8-2,11(3)4)10-16(14)12(5)13(16)6/h11-14H,8,10H2,1-6H3. The van der Waals surface area contributed by atoms with E-state index >= 15 is 0 Å². The summed E-state index contributed by atoms with van der Waals surface area (Å²) in [5.41, 5.74) is 1.12. The molecule has 0 aromatic carbocycles. The molecule has 2 aliphatic carbocycles. The molecule has 0 N–H and O–H groups in total. The molecule has 16 heavy (non-hydrogen) atoms. The van der Waals surface area contributed by atoms with E-state index in [9.17, 15) is 0 Å². The van der Waals surface area contributed by atoms with Gasteiger partial charge in [0.1, 0.15) is 0 Å². The summed E-state index contributed by atoms with van der Waals surface area (Å²) < 4.78 is 0. The lowest BCUT2D eigenvalue weighted by molar-refractivity contribution is -0.0812. The maximum atomic E-state index is 3.57. The van der Waals surface area contributed by atoms with E-state index < -0.39 is 0 Å². The lowest BCUT2D eigenvalue weighted by Crippen LogP contribution is -2.53. The number of hydrogen-bond donors (Lipinski definition) is 0. The summed E-state index contributed by atoms with van der Waals surface area (Å²) in [6.45, 7) is 14.0. The summed E-state index contributed by atoms with van der Waals surface area (Å²) in [5, 5.41) is 0. The summed E-state index contributed by atoms with van der Waals surface area (Å²) in [6.07, 6.45) is 2.72. The second-order valence-corrected chi connectivity index (χ2v) is 6.44. The Hall–Kier alpha value is -0.440. The first-order chi connectivity index (χ1) is 7.47. The van der Waals surface area contributed by atoms with E-state index in [0.29, 0.717) is 16.7 Å². The Morgan fingerprint density at radius 1 is 1.25 bits per heavy atom. The molecule has 0 nitrogen and oxygen atoms in total. The molecule has 0 amide bonds. The molecule has 0 aromatic heterocycles. The minimum atomic E-state index is 0.516. The molecule has 0 saturated heterocycles. The second-order valence-electron chi connectivity index (χ2n) is 6.44. The van der Waals surface area contributed by atoms with Crippen molar-refractivity contribution >= 4 is 0 Å². The van der Waals surface area contributed by atoms with E-state index in [2.05, 4.69) is 46.5 Å². The fourth-order valence-corrected chi connectivity index (χ4v) is 4.62. The predicted molar refractivity (Wildman–Crippen MR) is 69.9 cm³/mol. The van der Waals surface area contributed by atoms with Crippen molar-refractivity contribution in [2.75, 3.05) is 0 Å². The van der Waals surface area contributed by atoms with E-state index in [1.807, 2.05) is 6.92 Å². The first-order valence-corrected chi connectivity index (χ1v) is 6.89. The van der Waals surface area contributed by atoms with E-state index in [-0.39, 0.29) is 0 Å². The van der Waals surface area contributed by atoms with Crippen LogP contribution in [0.4, 0.5) is 0 Å². The molecular weight excluding hydrogens is 192 g/mol. The van der Waals surface area contributed by atoms with Gasteiger partial charge in [-0.3, -0.25) is 0 Å². The lowest BCUT2D eigenvalue weighted by atomic mass is 9.45. The zero-order chi connectivity index (χ0) is 12.1. The summed E-state index contributed by atoms with van der Waals surface area (Å²) in [4.78, 5) is 0. The average Bonchev–Trinajstić information content (AvgIpc) is 2.76. The first-order valence-electron chi connectivity index (χ1n) is 6.89. The highest BCUT2D eigenvalue weighted by Gasteiger charge is 2.75. The van der Waals surface area contributed by atoms with Gasteiger partial charge < -0.3 is 0 Å². The van der Waals surface area contributed by atoms with Gasteiger partial charge in [0, 0.05) is 5.92 Å². The maximum Gasteiger partial charge on any atom is 0.0323 e. The molecule has 0 heterocycles. The molecule has 0 aliphatic heterocycles. The predicted octanol–water partition coefficient (Wildman–Crippen LogP) is 4.35. The van der Waals surface area contributed by atoms with Crippen LogP contribution in [0.25, 0.3) is 0 Å². The Morgan fingerprint density at radius 3 is 2.12 bits per heavy atom. The van der Waals surface area contributed by atoms with Crippen LogP contribution in [0.1, 0.15) is 54.4 Å². The van der Waals surface area contributed by atoms with Crippen molar-refractivity contribution in [3.63, 3.8) is 0 Å². The van der Waals surface area contributed by atoms with Crippen LogP contribution >= 0.6 is 0 Å². The third-order valence-corrected chi connectivity index (χ3v) is 6.18. The van der Waals surface area contributed by atoms with Crippen LogP contribution in [0.3, 0.4) is 0 Å². The van der Waals surface area contributed by atoms with Crippen LogP contribution in [0.5, 0.6) is 0 Å². The second kappa shape index (κ2) is 3.52. The van der Waals surface area contributed by atoms with Crippen LogP contribution in [0.2, 0.25) is 0 Å². The Kier molecular flexibility index (Phi) is 2.65. The van der Waals surface area contributed by atoms with Gasteiger partial charge >= 0.3 is 0 Å². The zero-order valence-corrected chi connectivity index (χ0v) is 11.7. The van der Waals surface area contributed by atoms with Crippen LogP contribution in [-0.2, 0) is 0 Å². The largest absolute Gasteiger partial charge is 0.106 e. The maximum absolute atomic E-state index is 3.57. The van der Waals surface area contributed by atoms with Crippen LogP contribution < -0.4 is 0 Å². The molecule has 0 aromatic rings.